The van der Waals surface area contributed by atoms with Crippen LogP contribution in [0.4, 0.5) is 0 Å². The molecule has 0 saturated carbocycles. The van der Waals surface area contributed by atoms with Crippen molar-refractivity contribution in [2.75, 3.05) is 6.26 Å². The minimum absolute atomic E-state index is 0.146. The molecule has 0 spiro atoms. The molecule has 3 nitrogen and oxygen atoms in total. The van der Waals surface area contributed by atoms with E-state index in [1.165, 1.54) is 0 Å². The molecule has 20 heavy (non-hydrogen) atoms. The predicted molar refractivity (Wildman–Crippen MR) is 83.8 cm³/mol. The maximum atomic E-state index is 12.9. The van der Waals surface area contributed by atoms with E-state index in [2.05, 4.69) is 6.26 Å². The first-order valence-electron chi connectivity index (χ1n) is 6.85. The molecule has 0 aliphatic carbocycles. The summed E-state index contributed by atoms with van der Waals surface area (Å²) in [6.07, 6.45) is 5.99. The van der Waals surface area contributed by atoms with E-state index in [1.807, 2.05) is 11.8 Å². The summed E-state index contributed by atoms with van der Waals surface area (Å²) in [5, 5.41) is 0.907. The number of fused-ring (bicyclic) bond motifs is 2. The third kappa shape index (κ3) is 2.39. The van der Waals surface area contributed by atoms with Gasteiger partial charge in [-0.05, 0) is 44.1 Å². The third-order valence-corrected chi connectivity index (χ3v) is 7.90. The van der Waals surface area contributed by atoms with Crippen molar-refractivity contribution in [1.82, 2.24) is 4.31 Å². The lowest BCUT2D eigenvalue weighted by atomic mass is 10.1. The van der Waals surface area contributed by atoms with Crippen LogP contribution in [-0.4, -0.2) is 36.3 Å². The first-order chi connectivity index (χ1) is 9.54. The summed E-state index contributed by atoms with van der Waals surface area (Å²) in [5.74, 6) is 0. The average molecular weight is 332 g/mol. The molecule has 1 aromatic carbocycles. The number of piperidine rings is 1. The van der Waals surface area contributed by atoms with Gasteiger partial charge in [0.2, 0.25) is 10.0 Å². The number of hydrogen-bond acceptors (Lipinski definition) is 3. The van der Waals surface area contributed by atoms with Gasteiger partial charge in [0.1, 0.15) is 4.90 Å². The SMILES string of the molecule is CSC1CC2CCC(C1)N2S(=O)(=O)c1ccccc1Cl. The second kappa shape index (κ2) is 5.52. The summed E-state index contributed by atoms with van der Waals surface area (Å²) in [7, 11) is -3.47. The lowest BCUT2D eigenvalue weighted by Gasteiger charge is -2.37. The van der Waals surface area contributed by atoms with E-state index in [1.54, 1.807) is 28.6 Å². The average Bonchev–Trinajstić information content (AvgIpc) is 2.71. The van der Waals surface area contributed by atoms with E-state index in [4.69, 9.17) is 11.6 Å². The number of sulfonamides is 1. The molecule has 0 radical (unpaired) electrons. The van der Waals surface area contributed by atoms with E-state index in [9.17, 15) is 8.42 Å². The molecule has 2 aliphatic heterocycles. The Labute approximate surface area is 129 Å². The van der Waals surface area contributed by atoms with Crippen molar-refractivity contribution in [3.63, 3.8) is 0 Å². The van der Waals surface area contributed by atoms with Crippen LogP contribution in [0.1, 0.15) is 25.7 Å². The topological polar surface area (TPSA) is 37.4 Å². The molecular formula is C14H18ClNO2S2. The Balaban J connectivity index is 1.96. The van der Waals surface area contributed by atoms with Gasteiger partial charge in [0.05, 0.1) is 5.02 Å². The van der Waals surface area contributed by atoms with Gasteiger partial charge in [-0.2, -0.15) is 16.1 Å². The molecule has 2 saturated heterocycles. The zero-order valence-corrected chi connectivity index (χ0v) is 13.7. The third-order valence-electron chi connectivity index (χ3n) is 4.35. The monoisotopic (exact) mass is 331 g/mol. The highest BCUT2D eigenvalue weighted by Gasteiger charge is 2.47. The van der Waals surface area contributed by atoms with Gasteiger partial charge in [-0.15, -0.1) is 0 Å². The van der Waals surface area contributed by atoms with Gasteiger partial charge in [-0.3, -0.25) is 0 Å². The molecule has 2 fully saturated rings. The van der Waals surface area contributed by atoms with E-state index >= 15 is 0 Å². The normalized spacial score (nSPS) is 30.6. The standard InChI is InChI=1S/C14H18ClNO2S2/c1-19-12-8-10-6-7-11(9-12)16(10)20(17,18)14-5-3-2-4-13(14)15/h2-5,10-12H,6-9H2,1H3. The zero-order valence-electron chi connectivity index (χ0n) is 11.3. The van der Waals surface area contributed by atoms with Crippen molar-refractivity contribution >= 4 is 33.4 Å². The Morgan fingerprint density at radius 1 is 1.20 bits per heavy atom. The Bertz CT molecular complexity index is 591. The molecule has 2 bridgehead atoms. The molecule has 2 aliphatic rings. The van der Waals surface area contributed by atoms with Crippen molar-refractivity contribution in [1.29, 1.82) is 0 Å². The fraction of sp³-hybridized carbons (Fsp3) is 0.571. The minimum atomic E-state index is -3.47. The number of hydrogen-bond donors (Lipinski definition) is 0. The van der Waals surface area contributed by atoms with Crippen LogP contribution in [0.15, 0.2) is 29.2 Å². The summed E-state index contributed by atoms with van der Waals surface area (Å²) in [4.78, 5) is 0.251. The smallest absolute Gasteiger partial charge is 0.207 e. The number of thioether (sulfide) groups is 1. The van der Waals surface area contributed by atoms with Crippen LogP contribution < -0.4 is 0 Å². The summed E-state index contributed by atoms with van der Waals surface area (Å²) in [6.45, 7) is 0. The van der Waals surface area contributed by atoms with Gasteiger partial charge in [0.15, 0.2) is 0 Å². The molecule has 2 heterocycles. The Morgan fingerprint density at radius 3 is 2.35 bits per heavy atom. The van der Waals surface area contributed by atoms with Crippen molar-refractivity contribution in [2.24, 2.45) is 0 Å². The second-order valence-corrected chi connectivity index (χ2v) is 8.84. The van der Waals surface area contributed by atoms with Crippen molar-refractivity contribution in [3.8, 4) is 0 Å². The van der Waals surface area contributed by atoms with Crippen LogP contribution in [0.2, 0.25) is 5.02 Å². The zero-order chi connectivity index (χ0) is 14.3. The molecule has 0 amide bonds. The molecular weight excluding hydrogens is 314 g/mol. The number of rotatable bonds is 3. The first kappa shape index (κ1) is 14.7. The van der Waals surface area contributed by atoms with Gasteiger partial charge < -0.3 is 0 Å². The molecule has 0 aromatic heterocycles. The van der Waals surface area contributed by atoms with Gasteiger partial charge >= 0.3 is 0 Å². The Hall–Kier alpha value is -0.230. The van der Waals surface area contributed by atoms with E-state index in [-0.39, 0.29) is 17.0 Å². The van der Waals surface area contributed by atoms with E-state index < -0.39 is 10.0 Å². The van der Waals surface area contributed by atoms with Crippen LogP contribution in [0.5, 0.6) is 0 Å². The number of nitrogens with zero attached hydrogens (tertiary/aromatic N) is 1. The molecule has 6 heteroatoms. The summed E-state index contributed by atoms with van der Waals surface area (Å²) in [5.41, 5.74) is 0. The molecule has 1 aromatic rings. The quantitative estimate of drug-likeness (QED) is 0.852. The Morgan fingerprint density at radius 2 is 1.80 bits per heavy atom. The Kier molecular flexibility index (Phi) is 4.06. The van der Waals surface area contributed by atoms with E-state index in [0.717, 1.165) is 25.7 Å². The predicted octanol–water partition coefficient (Wildman–Crippen LogP) is 3.39. The summed E-state index contributed by atoms with van der Waals surface area (Å²) in [6, 6.07) is 7.04. The minimum Gasteiger partial charge on any atom is -0.207 e. The largest absolute Gasteiger partial charge is 0.245 e. The lowest BCUT2D eigenvalue weighted by Crippen LogP contribution is -2.47. The summed E-state index contributed by atoms with van der Waals surface area (Å²) >= 11 is 7.95. The fourth-order valence-corrected chi connectivity index (χ4v) is 6.65. The fourth-order valence-electron chi connectivity index (χ4n) is 3.44. The maximum Gasteiger partial charge on any atom is 0.245 e. The molecule has 110 valence electrons. The van der Waals surface area contributed by atoms with Gasteiger partial charge in [-0.1, -0.05) is 23.7 Å². The van der Waals surface area contributed by atoms with Crippen LogP contribution >= 0.6 is 23.4 Å². The highest BCUT2D eigenvalue weighted by Crippen LogP contribution is 2.43. The van der Waals surface area contributed by atoms with Crippen LogP contribution in [0, 0.1) is 0 Å². The second-order valence-electron chi connectivity index (χ2n) is 5.48. The van der Waals surface area contributed by atoms with Crippen molar-refractivity contribution in [3.05, 3.63) is 29.3 Å². The number of halogens is 1. The van der Waals surface area contributed by atoms with Crippen molar-refractivity contribution in [2.45, 2.75) is 47.9 Å². The van der Waals surface area contributed by atoms with Crippen LogP contribution in [0.25, 0.3) is 0 Å². The van der Waals surface area contributed by atoms with E-state index in [0.29, 0.717) is 10.3 Å². The van der Waals surface area contributed by atoms with Gasteiger partial charge in [0.25, 0.3) is 0 Å². The molecule has 2 unspecified atom stereocenters. The molecule has 3 rings (SSSR count). The first-order valence-corrected chi connectivity index (χ1v) is 9.95. The van der Waals surface area contributed by atoms with Crippen LogP contribution in [-0.2, 0) is 10.0 Å². The van der Waals surface area contributed by atoms with Gasteiger partial charge in [-0.25, -0.2) is 8.42 Å². The highest BCUT2D eigenvalue weighted by atomic mass is 35.5. The number of benzene rings is 1. The molecule has 0 N–H and O–H groups in total. The molecule has 2 atom stereocenters. The van der Waals surface area contributed by atoms with Crippen LogP contribution in [0.3, 0.4) is 0 Å². The van der Waals surface area contributed by atoms with Gasteiger partial charge in [0, 0.05) is 17.3 Å². The lowest BCUT2D eigenvalue weighted by molar-refractivity contribution is 0.253. The summed E-state index contributed by atoms with van der Waals surface area (Å²) < 4.78 is 27.5. The maximum absolute atomic E-state index is 12.9. The van der Waals surface area contributed by atoms with Crippen molar-refractivity contribution < 1.29 is 8.42 Å². The highest BCUT2D eigenvalue weighted by molar-refractivity contribution is 7.99.